The van der Waals surface area contributed by atoms with Crippen LogP contribution in [0.5, 0.6) is 0 Å². The maximum absolute atomic E-state index is 13.0. The van der Waals surface area contributed by atoms with Crippen LogP contribution in [-0.2, 0) is 4.79 Å². The van der Waals surface area contributed by atoms with Gasteiger partial charge in [0, 0.05) is 11.9 Å². The normalized spacial score (nSPS) is 15.5. The first-order valence-corrected chi connectivity index (χ1v) is 10.5. The van der Waals surface area contributed by atoms with Crippen LogP contribution in [0.2, 0.25) is 0 Å². The summed E-state index contributed by atoms with van der Waals surface area (Å²) in [4.78, 5) is 44.5. The van der Waals surface area contributed by atoms with E-state index in [-0.39, 0.29) is 11.7 Å². The first kappa shape index (κ1) is 20.5. The number of para-hydroxylation sites is 1. The van der Waals surface area contributed by atoms with E-state index in [1.165, 1.54) is 17.4 Å². The van der Waals surface area contributed by atoms with Crippen molar-refractivity contribution in [1.82, 2.24) is 20.7 Å². The zero-order valence-electron chi connectivity index (χ0n) is 17.5. The molecule has 1 atom stereocenters. The van der Waals surface area contributed by atoms with Crippen LogP contribution in [0.1, 0.15) is 33.8 Å². The van der Waals surface area contributed by atoms with Crippen molar-refractivity contribution in [3.63, 3.8) is 0 Å². The van der Waals surface area contributed by atoms with E-state index in [2.05, 4.69) is 15.8 Å². The van der Waals surface area contributed by atoms with Gasteiger partial charge in [-0.05, 0) is 49.2 Å². The van der Waals surface area contributed by atoms with Crippen molar-refractivity contribution in [2.75, 3.05) is 6.54 Å². The third-order valence-corrected chi connectivity index (χ3v) is 5.58. The molecule has 3 aromatic heterocycles. The molecule has 4 heterocycles. The number of carbonyl (C=O) groups is 3. The molecule has 1 aliphatic heterocycles. The second kappa shape index (κ2) is 8.62. The zero-order chi connectivity index (χ0) is 22.8. The highest BCUT2D eigenvalue weighted by Crippen LogP contribution is 2.25. The minimum atomic E-state index is -0.698. The van der Waals surface area contributed by atoms with Gasteiger partial charge in [0.2, 0.25) is 0 Å². The fourth-order valence-electron chi connectivity index (χ4n) is 4.01. The van der Waals surface area contributed by atoms with E-state index in [4.69, 9.17) is 8.83 Å². The summed E-state index contributed by atoms with van der Waals surface area (Å²) in [5.41, 5.74) is 6.40. The van der Waals surface area contributed by atoms with Gasteiger partial charge in [0.25, 0.3) is 17.7 Å². The molecule has 0 aliphatic carbocycles. The molecule has 166 valence electrons. The number of aromatic nitrogens is 1. The molecule has 9 nitrogen and oxygen atoms in total. The molecule has 0 spiro atoms. The van der Waals surface area contributed by atoms with E-state index in [1.54, 1.807) is 42.5 Å². The third-order valence-electron chi connectivity index (χ3n) is 5.58. The fourth-order valence-corrected chi connectivity index (χ4v) is 4.01. The second-order valence-corrected chi connectivity index (χ2v) is 7.63. The van der Waals surface area contributed by atoms with Crippen LogP contribution < -0.4 is 10.9 Å². The quantitative estimate of drug-likeness (QED) is 0.467. The number of carbonyl (C=O) groups excluding carboxylic acids is 3. The number of furan rings is 2. The average Bonchev–Trinajstić information content (AvgIpc) is 3.63. The van der Waals surface area contributed by atoms with Gasteiger partial charge in [-0.15, -0.1) is 0 Å². The highest BCUT2D eigenvalue weighted by atomic mass is 16.3. The molecule has 33 heavy (non-hydrogen) atoms. The second-order valence-electron chi connectivity index (χ2n) is 7.63. The molecule has 4 aromatic rings. The lowest BCUT2D eigenvalue weighted by Gasteiger charge is -2.23. The molecule has 1 aliphatic rings. The van der Waals surface area contributed by atoms with Crippen molar-refractivity contribution in [3.05, 3.63) is 78.4 Å². The Labute approximate surface area is 188 Å². The lowest BCUT2D eigenvalue weighted by molar-refractivity contribution is -0.125. The van der Waals surface area contributed by atoms with Crippen LogP contribution in [0.25, 0.3) is 22.4 Å². The van der Waals surface area contributed by atoms with Crippen molar-refractivity contribution in [2.24, 2.45) is 0 Å². The number of likely N-dealkylation sites (tertiary alicyclic amines) is 1. The number of amides is 3. The Hall–Kier alpha value is -4.40. The maximum atomic E-state index is 13.0. The number of hydrazine groups is 1. The van der Waals surface area contributed by atoms with Gasteiger partial charge in [-0.3, -0.25) is 25.2 Å². The first-order valence-electron chi connectivity index (χ1n) is 10.5. The number of rotatable bonds is 4. The topological polar surface area (TPSA) is 118 Å². The van der Waals surface area contributed by atoms with Crippen LogP contribution in [0.4, 0.5) is 0 Å². The Morgan fingerprint density at radius 2 is 1.79 bits per heavy atom. The number of nitrogens with zero attached hydrogens (tertiary/aromatic N) is 2. The Morgan fingerprint density at radius 3 is 2.58 bits per heavy atom. The van der Waals surface area contributed by atoms with Crippen LogP contribution in [0.15, 0.2) is 76.0 Å². The molecule has 0 radical (unpaired) electrons. The van der Waals surface area contributed by atoms with E-state index in [0.29, 0.717) is 47.3 Å². The standard InChI is InChI=1S/C24H20N4O5/c29-22(16-14-18(20-9-4-12-32-20)25-17-7-2-1-6-15(16)17)26-27-23(30)19-8-3-11-28(19)24(31)21-10-5-13-33-21/h1-2,4-7,9-10,12-14,19H,3,8,11H2,(H,26,29)(H,27,30). The predicted molar refractivity (Wildman–Crippen MR) is 118 cm³/mol. The van der Waals surface area contributed by atoms with Crippen molar-refractivity contribution in [2.45, 2.75) is 18.9 Å². The SMILES string of the molecule is O=C(NNC(=O)C1CCCN1C(=O)c1ccco1)c1cc(-c2ccco2)nc2ccccc12. The van der Waals surface area contributed by atoms with Gasteiger partial charge >= 0.3 is 0 Å². The summed E-state index contributed by atoms with van der Waals surface area (Å²) in [6, 6.07) is 14.8. The average molecular weight is 444 g/mol. The summed E-state index contributed by atoms with van der Waals surface area (Å²) < 4.78 is 10.6. The monoisotopic (exact) mass is 444 g/mol. The van der Waals surface area contributed by atoms with Crippen LogP contribution in [0, 0.1) is 0 Å². The smallest absolute Gasteiger partial charge is 0.290 e. The van der Waals surface area contributed by atoms with Crippen molar-refractivity contribution >= 4 is 28.6 Å². The van der Waals surface area contributed by atoms with Crippen molar-refractivity contribution in [1.29, 1.82) is 0 Å². The molecule has 0 bridgehead atoms. The lowest BCUT2D eigenvalue weighted by Crippen LogP contribution is -2.51. The molecular formula is C24H20N4O5. The number of pyridine rings is 1. The number of fused-ring (bicyclic) bond motifs is 1. The van der Waals surface area contributed by atoms with Gasteiger partial charge in [0.05, 0.1) is 23.6 Å². The molecule has 5 rings (SSSR count). The molecule has 0 saturated carbocycles. The number of hydrogen-bond acceptors (Lipinski definition) is 6. The summed E-state index contributed by atoms with van der Waals surface area (Å²) in [7, 11) is 0. The molecule has 1 saturated heterocycles. The Morgan fingerprint density at radius 1 is 0.970 bits per heavy atom. The van der Waals surface area contributed by atoms with Crippen LogP contribution in [0.3, 0.4) is 0 Å². The molecule has 2 N–H and O–H groups in total. The summed E-state index contributed by atoms with van der Waals surface area (Å²) >= 11 is 0. The number of nitrogens with one attached hydrogen (secondary N) is 2. The van der Waals surface area contributed by atoms with E-state index in [1.807, 2.05) is 12.1 Å². The van der Waals surface area contributed by atoms with E-state index < -0.39 is 17.9 Å². The predicted octanol–water partition coefficient (Wildman–Crippen LogP) is 3.15. The number of hydrogen-bond donors (Lipinski definition) is 2. The summed E-state index contributed by atoms with van der Waals surface area (Å²) in [6.45, 7) is 0.438. The molecule has 1 unspecified atom stereocenters. The van der Waals surface area contributed by atoms with Crippen molar-refractivity contribution < 1.29 is 23.2 Å². The first-order chi connectivity index (χ1) is 16.1. The molecule has 1 aromatic carbocycles. The van der Waals surface area contributed by atoms with Gasteiger partial charge in [-0.25, -0.2) is 4.98 Å². The minimum Gasteiger partial charge on any atom is -0.463 e. The third kappa shape index (κ3) is 3.96. The van der Waals surface area contributed by atoms with Gasteiger partial charge < -0.3 is 13.7 Å². The molecule has 3 amide bonds. The Bertz CT molecular complexity index is 1310. The molecular weight excluding hydrogens is 424 g/mol. The maximum Gasteiger partial charge on any atom is 0.290 e. The van der Waals surface area contributed by atoms with E-state index in [0.717, 1.165) is 0 Å². The highest BCUT2D eigenvalue weighted by molar-refractivity contribution is 6.07. The van der Waals surface area contributed by atoms with Crippen molar-refractivity contribution in [3.8, 4) is 11.5 Å². The van der Waals surface area contributed by atoms with Crippen LogP contribution >= 0.6 is 0 Å². The van der Waals surface area contributed by atoms with Gasteiger partial charge in [-0.2, -0.15) is 0 Å². The largest absolute Gasteiger partial charge is 0.463 e. The van der Waals surface area contributed by atoms with Gasteiger partial charge in [-0.1, -0.05) is 18.2 Å². The zero-order valence-corrected chi connectivity index (χ0v) is 17.5. The lowest BCUT2D eigenvalue weighted by atomic mass is 10.1. The van der Waals surface area contributed by atoms with E-state index in [9.17, 15) is 14.4 Å². The van der Waals surface area contributed by atoms with Gasteiger partial charge in [0.15, 0.2) is 11.5 Å². The van der Waals surface area contributed by atoms with Crippen LogP contribution in [-0.4, -0.2) is 40.2 Å². The Balaban J connectivity index is 1.34. The minimum absolute atomic E-state index is 0.174. The summed E-state index contributed by atoms with van der Waals surface area (Å²) in [5.74, 6) is -0.626. The Kier molecular flexibility index (Phi) is 5.35. The fraction of sp³-hybridized carbons (Fsp3) is 0.167. The number of benzene rings is 1. The summed E-state index contributed by atoms with van der Waals surface area (Å²) in [6.07, 6.45) is 4.12. The molecule has 1 fully saturated rings. The highest BCUT2D eigenvalue weighted by Gasteiger charge is 2.35. The molecule has 9 heteroatoms. The summed E-state index contributed by atoms with van der Waals surface area (Å²) in [5, 5.41) is 0.634. The van der Waals surface area contributed by atoms with Gasteiger partial charge in [0.1, 0.15) is 11.7 Å². The van der Waals surface area contributed by atoms with E-state index >= 15 is 0 Å².